The summed E-state index contributed by atoms with van der Waals surface area (Å²) in [5, 5.41) is 13.8. The van der Waals surface area contributed by atoms with Gasteiger partial charge in [-0.2, -0.15) is 0 Å². The molecule has 0 aliphatic carbocycles. The normalized spacial score (nSPS) is 12.2. The number of amides is 1. The molecule has 0 fully saturated rings. The monoisotopic (exact) mass is 636 g/mol. The first-order chi connectivity index (χ1) is 21.1. The Morgan fingerprint density at radius 3 is 2.13 bits per heavy atom. The first-order valence-electron chi connectivity index (χ1n) is 16.0. The lowest BCUT2D eigenvalue weighted by Crippen LogP contribution is -2.27. The molecule has 7 nitrogen and oxygen atoms in total. The average molecular weight is 637 g/mol. The number of benzene rings is 3. The molecule has 0 aliphatic rings. The average Bonchev–Trinajstić information content (AvgIpc) is 3.02. The Balaban J connectivity index is 1.61. The van der Waals surface area contributed by atoms with Gasteiger partial charge in [0.25, 0.3) is 10.0 Å². The van der Waals surface area contributed by atoms with E-state index in [0.29, 0.717) is 41.1 Å². The van der Waals surface area contributed by atoms with Gasteiger partial charge in [0.1, 0.15) is 11.5 Å². The van der Waals surface area contributed by atoms with E-state index in [2.05, 4.69) is 69.8 Å². The van der Waals surface area contributed by atoms with Crippen molar-refractivity contribution in [2.24, 2.45) is 0 Å². The molecule has 3 rings (SSSR count). The van der Waals surface area contributed by atoms with Gasteiger partial charge in [0.05, 0.1) is 23.6 Å². The van der Waals surface area contributed by atoms with E-state index in [1.165, 1.54) is 23.3 Å². The Kier molecular flexibility index (Phi) is 11.8. The van der Waals surface area contributed by atoms with E-state index in [-0.39, 0.29) is 33.8 Å². The second-order valence-electron chi connectivity index (χ2n) is 13.3. The Bertz CT molecular complexity index is 1590. The standard InChI is InChI=1S/C37H52N2O5S/c1-10-36(6,7)28-19-20-32(31(23-28)37(8,9)11-2)44-22-16-15-21-38-33(40)24-30-27(5)34(25(3)26(4)35(30)41)39-45(42,43)29-17-13-12-14-18-29/h12-14,17-20,23,39,41H,10-11,15-16,21-22,24H2,1-9H3,(H,38,40). The van der Waals surface area contributed by atoms with E-state index in [1.54, 1.807) is 39.0 Å². The van der Waals surface area contributed by atoms with Crippen LogP contribution in [-0.4, -0.2) is 32.6 Å². The molecule has 0 bridgehead atoms. The Morgan fingerprint density at radius 2 is 1.51 bits per heavy atom. The number of hydrogen-bond acceptors (Lipinski definition) is 5. The molecule has 3 aromatic carbocycles. The third-order valence-electron chi connectivity index (χ3n) is 9.44. The molecule has 3 aromatic rings. The number of nitrogens with one attached hydrogen (secondary N) is 2. The van der Waals surface area contributed by atoms with Gasteiger partial charge in [-0.1, -0.05) is 71.9 Å². The van der Waals surface area contributed by atoms with Gasteiger partial charge in [-0.15, -0.1) is 0 Å². The first kappa shape index (κ1) is 36.0. The summed E-state index contributed by atoms with van der Waals surface area (Å²) in [6, 6.07) is 14.7. The number of phenolic OH excluding ortho intramolecular Hbond substituents is 1. The summed E-state index contributed by atoms with van der Waals surface area (Å²) in [6.07, 6.45) is 3.50. The fourth-order valence-electron chi connectivity index (χ4n) is 5.22. The molecule has 1 amide bonds. The van der Waals surface area contributed by atoms with E-state index in [1.807, 2.05) is 0 Å². The number of carbonyl (C=O) groups excluding carboxylic acids is 1. The predicted molar refractivity (Wildman–Crippen MR) is 184 cm³/mol. The molecule has 45 heavy (non-hydrogen) atoms. The Morgan fingerprint density at radius 1 is 0.867 bits per heavy atom. The summed E-state index contributed by atoms with van der Waals surface area (Å²) < 4.78 is 35.0. The van der Waals surface area contributed by atoms with Crippen molar-refractivity contribution in [1.82, 2.24) is 5.32 Å². The van der Waals surface area contributed by atoms with Gasteiger partial charge in [0.15, 0.2) is 0 Å². The third kappa shape index (κ3) is 8.60. The largest absolute Gasteiger partial charge is 0.507 e. The molecule has 0 spiro atoms. The molecule has 0 unspecified atom stereocenters. The van der Waals surface area contributed by atoms with Crippen molar-refractivity contribution in [3.8, 4) is 11.5 Å². The van der Waals surface area contributed by atoms with E-state index in [9.17, 15) is 18.3 Å². The maximum Gasteiger partial charge on any atom is 0.261 e. The summed E-state index contributed by atoms with van der Waals surface area (Å²) in [5.74, 6) is 0.687. The number of rotatable bonds is 15. The third-order valence-corrected chi connectivity index (χ3v) is 10.8. The summed E-state index contributed by atoms with van der Waals surface area (Å²) in [5.41, 5.74) is 5.09. The van der Waals surface area contributed by atoms with Gasteiger partial charge in [0.2, 0.25) is 5.91 Å². The molecule has 0 atom stereocenters. The van der Waals surface area contributed by atoms with Crippen molar-refractivity contribution >= 4 is 21.6 Å². The first-order valence-corrected chi connectivity index (χ1v) is 17.5. The highest BCUT2D eigenvalue weighted by atomic mass is 32.2. The summed E-state index contributed by atoms with van der Waals surface area (Å²) in [7, 11) is -3.84. The number of unbranched alkanes of at least 4 members (excludes halogenated alkanes) is 1. The van der Waals surface area contributed by atoms with E-state index in [4.69, 9.17) is 4.74 Å². The molecule has 0 aliphatic heterocycles. The highest BCUT2D eigenvalue weighted by molar-refractivity contribution is 7.92. The molecular formula is C37H52N2O5S. The second kappa shape index (κ2) is 14.7. The molecule has 0 saturated carbocycles. The molecule has 0 heterocycles. The van der Waals surface area contributed by atoms with E-state index >= 15 is 0 Å². The van der Waals surface area contributed by atoms with Crippen LogP contribution >= 0.6 is 0 Å². The molecule has 8 heteroatoms. The van der Waals surface area contributed by atoms with Crippen LogP contribution in [0, 0.1) is 20.8 Å². The van der Waals surface area contributed by atoms with Crippen LogP contribution in [0.2, 0.25) is 0 Å². The van der Waals surface area contributed by atoms with Gasteiger partial charge in [-0.3, -0.25) is 9.52 Å². The number of phenols is 1. The molecule has 0 radical (unpaired) electrons. The van der Waals surface area contributed by atoms with Gasteiger partial charge in [-0.25, -0.2) is 8.42 Å². The van der Waals surface area contributed by atoms with Crippen molar-refractivity contribution < 1.29 is 23.1 Å². The topological polar surface area (TPSA) is 105 Å². The Labute approximate surface area is 270 Å². The van der Waals surface area contributed by atoms with Gasteiger partial charge >= 0.3 is 0 Å². The zero-order valence-corrected chi connectivity index (χ0v) is 29.4. The van der Waals surface area contributed by atoms with Crippen LogP contribution in [0.25, 0.3) is 0 Å². The summed E-state index contributed by atoms with van der Waals surface area (Å²) in [4.78, 5) is 13.1. The molecule has 3 N–H and O–H groups in total. The Hall–Kier alpha value is -3.52. The summed E-state index contributed by atoms with van der Waals surface area (Å²) in [6.45, 7) is 19.7. The van der Waals surface area contributed by atoms with Gasteiger partial charge in [0, 0.05) is 17.7 Å². The zero-order chi connectivity index (χ0) is 33.6. The van der Waals surface area contributed by atoms with Crippen molar-refractivity contribution in [3.05, 3.63) is 81.9 Å². The molecular weight excluding hydrogens is 584 g/mol. The fraction of sp³-hybridized carbons (Fsp3) is 0.486. The van der Waals surface area contributed by atoms with Crippen LogP contribution in [0.5, 0.6) is 11.5 Å². The lowest BCUT2D eigenvalue weighted by Gasteiger charge is -2.30. The molecule has 0 saturated heterocycles. The minimum Gasteiger partial charge on any atom is -0.507 e. The van der Waals surface area contributed by atoms with E-state index in [0.717, 1.165) is 31.4 Å². The van der Waals surface area contributed by atoms with Crippen LogP contribution in [0.4, 0.5) is 5.69 Å². The fourth-order valence-corrected chi connectivity index (χ4v) is 6.43. The van der Waals surface area contributed by atoms with Crippen LogP contribution in [0.1, 0.15) is 101 Å². The molecule has 0 aromatic heterocycles. The molecule has 246 valence electrons. The number of sulfonamides is 1. The maximum absolute atomic E-state index is 13.0. The minimum absolute atomic E-state index is 0.00959. The lowest BCUT2D eigenvalue weighted by molar-refractivity contribution is -0.120. The number of hydrogen-bond donors (Lipinski definition) is 3. The van der Waals surface area contributed by atoms with Crippen LogP contribution in [-0.2, 0) is 32.1 Å². The summed E-state index contributed by atoms with van der Waals surface area (Å²) >= 11 is 0. The number of carbonyl (C=O) groups is 1. The number of anilines is 1. The van der Waals surface area contributed by atoms with Crippen LogP contribution < -0.4 is 14.8 Å². The van der Waals surface area contributed by atoms with Gasteiger partial charge < -0.3 is 15.2 Å². The highest BCUT2D eigenvalue weighted by Gasteiger charge is 2.27. The van der Waals surface area contributed by atoms with Crippen molar-refractivity contribution in [3.63, 3.8) is 0 Å². The highest BCUT2D eigenvalue weighted by Crippen LogP contribution is 2.39. The maximum atomic E-state index is 13.0. The van der Waals surface area contributed by atoms with E-state index < -0.39 is 10.0 Å². The van der Waals surface area contributed by atoms with Gasteiger partial charge in [-0.05, 0) is 97.7 Å². The van der Waals surface area contributed by atoms with Crippen molar-refractivity contribution in [2.75, 3.05) is 17.9 Å². The zero-order valence-electron chi connectivity index (χ0n) is 28.6. The smallest absolute Gasteiger partial charge is 0.261 e. The van der Waals surface area contributed by atoms with Crippen LogP contribution in [0.3, 0.4) is 0 Å². The minimum atomic E-state index is -3.84. The van der Waals surface area contributed by atoms with Crippen molar-refractivity contribution in [2.45, 2.75) is 110 Å². The quantitative estimate of drug-likeness (QED) is 0.116. The van der Waals surface area contributed by atoms with Crippen molar-refractivity contribution in [1.29, 1.82) is 0 Å². The predicted octanol–water partition coefficient (Wildman–Crippen LogP) is 8.01. The van der Waals surface area contributed by atoms with Crippen LogP contribution in [0.15, 0.2) is 53.4 Å². The number of ether oxygens (including phenoxy) is 1. The number of aromatic hydroxyl groups is 1. The lowest BCUT2D eigenvalue weighted by atomic mass is 9.76. The SMILES string of the molecule is CCC(C)(C)c1ccc(OCCCCNC(=O)Cc2c(C)c(NS(=O)(=O)c3ccccc3)c(C)c(C)c2O)c(C(C)(C)CC)c1. The second-order valence-corrected chi connectivity index (χ2v) is 14.9.